The smallest absolute Gasteiger partial charge is 0.161 e. The zero-order valence-electron chi connectivity index (χ0n) is 23.8. The van der Waals surface area contributed by atoms with Crippen LogP contribution in [0.25, 0.3) is 78.2 Å². The maximum Gasteiger partial charge on any atom is 0.161 e. The minimum Gasteiger partial charge on any atom is -0.228 e. The molecule has 6 aromatic carbocycles. The number of benzene rings is 6. The van der Waals surface area contributed by atoms with E-state index < -0.39 is 0 Å². The summed E-state index contributed by atoms with van der Waals surface area (Å²) in [5.41, 5.74) is 8.66. The lowest BCUT2D eigenvalue weighted by molar-refractivity contribution is 1.19. The monoisotopic (exact) mass is 562 g/mol. The molecule has 0 atom stereocenters. The zero-order valence-corrected chi connectivity index (χ0v) is 23.8. The van der Waals surface area contributed by atoms with Crippen molar-refractivity contribution in [1.82, 2.24) is 19.9 Å². The van der Waals surface area contributed by atoms with Gasteiger partial charge in [-0.15, -0.1) is 0 Å². The van der Waals surface area contributed by atoms with Crippen LogP contribution in [0.2, 0.25) is 0 Å². The van der Waals surface area contributed by atoms with Crippen molar-refractivity contribution >= 4 is 21.7 Å². The van der Waals surface area contributed by atoms with Crippen LogP contribution in [0.3, 0.4) is 0 Å². The van der Waals surface area contributed by atoms with Gasteiger partial charge in [0.05, 0.1) is 22.6 Å². The van der Waals surface area contributed by atoms with Crippen LogP contribution < -0.4 is 0 Å². The molecule has 0 spiro atoms. The second-order valence-electron chi connectivity index (χ2n) is 10.7. The number of nitrogens with zero attached hydrogens (tertiary/aromatic N) is 4. The third-order valence-electron chi connectivity index (χ3n) is 7.92. The first kappa shape index (κ1) is 25.7. The molecule has 0 aliphatic carbocycles. The van der Waals surface area contributed by atoms with Gasteiger partial charge in [0.2, 0.25) is 0 Å². The van der Waals surface area contributed by atoms with E-state index >= 15 is 0 Å². The van der Waals surface area contributed by atoms with Gasteiger partial charge in [0.15, 0.2) is 11.6 Å². The molecular formula is C40H26N4. The van der Waals surface area contributed by atoms with Crippen molar-refractivity contribution < 1.29 is 0 Å². The molecule has 4 heteroatoms. The van der Waals surface area contributed by atoms with Crippen molar-refractivity contribution in [3.8, 4) is 56.5 Å². The van der Waals surface area contributed by atoms with Crippen LogP contribution in [-0.4, -0.2) is 19.9 Å². The van der Waals surface area contributed by atoms with Crippen LogP contribution in [0.5, 0.6) is 0 Å². The second-order valence-corrected chi connectivity index (χ2v) is 10.7. The minimum absolute atomic E-state index is 0.693. The molecule has 8 aromatic rings. The first-order valence-electron chi connectivity index (χ1n) is 14.7. The predicted molar refractivity (Wildman–Crippen MR) is 180 cm³/mol. The Bertz CT molecular complexity index is 2260. The van der Waals surface area contributed by atoms with Crippen LogP contribution in [0.4, 0.5) is 0 Å². The minimum atomic E-state index is 0.693. The maximum atomic E-state index is 5.10. The Hall–Kier alpha value is -6.00. The molecule has 4 nitrogen and oxygen atoms in total. The first-order chi connectivity index (χ1) is 21.8. The molecular weight excluding hydrogens is 536 g/mol. The van der Waals surface area contributed by atoms with Gasteiger partial charge >= 0.3 is 0 Å². The van der Waals surface area contributed by atoms with Gasteiger partial charge < -0.3 is 0 Å². The first-order valence-corrected chi connectivity index (χ1v) is 14.7. The number of rotatable bonds is 5. The van der Waals surface area contributed by atoms with Gasteiger partial charge in [-0.25, -0.2) is 19.9 Å². The van der Waals surface area contributed by atoms with E-state index in [1.807, 2.05) is 54.6 Å². The van der Waals surface area contributed by atoms with E-state index in [0.29, 0.717) is 11.6 Å². The number of para-hydroxylation sites is 1. The summed E-state index contributed by atoms with van der Waals surface area (Å²) in [6.45, 7) is 0. The van der Waals surface area contributed by atoms with E-state index in [9.17, 15) is 0 Å². The van der Waals surface area contributed by atoms with Crippen LogP contribution in [-0.2, 0) is 0 Å². The highest BCUT2D eigenvalue weighted by Crippen LogP contribution is 2.33. The number of hydrogen-bond donors (Lipinski definition) is 0. The van der Waals surface area contributed by atoms with Crippen molar-refractivity contribution in [2.24, 2.45) is 0 Å². The standard InChI is InChI=1S/C40H26N4/c1-3-13-28(14-4-1)36-26-37(43-40(42-36)33-20-11-17-27-12-7-8-18-32(27)33)29-22-24-31(25-23-29)39-41-35-21-10-9-19-34(35)38(44-39)30-15-5-2-6-16-30/h1-26H. The third kappa shape index (κ3) is 4.79. The Balaban J connectivity index is 1.24. The predicted octanol–water partition coefficient (Wildman–Crippen LogP) is 9.91. The van der Waals surface area contributed by atoms with Gasteiger partial charge in [-0.2, -0.15) is 0 Å². The molecule has 0 fully saturated rings. The molecule has 8 rings (SSSR count). The van der Waals surface area contributed by atoms with Crippen molar-refractivity contribution in [2.75, 3.05) is 0 Å². The van der Waals surface area contributed by atoms with Crippen LogP contribution in [0.1, 0.15) is 0 Å². The maximum absolute atomic E-state index is 5.10. The molecule has 0 amide bonds. The molecule has 0 unspecified atom stereocenters. The van der Waals surface area contributed by atoms with E-state index in [1.165, 1.54) is 0 Å². The Morgan fingerprint density at radius 3 is 1.66 bits per heavy atom. The third-order valence-corrected chi connectivity index (χ3v) is 7.92. The summed E-state index contributed by atoms with van der Waals surface area (Å²) < 4.78 is 0. The Morgan fingerprint density at radius 1 is 0.341 bits per heavy atom. The fourth-order valence-corrected chi connectivity index (χ4v) is 5.70. The molecule has 0 aliphatic heterocycles. The lowest BCUT2D eigenvalue weighted by Crippen LogP contribution is -1.97. The Kier molecular flexibility index (Phi) is 6.43. The number of fused-ring (bicyclic) bond motifs is 2. The van der Waals surface area contributed by atoms with Crippen molar-refractivity contribution in [2.45, 2.75) is 0 Å². The number of hydrogen-bond acceptors (Lipinski definition) is 4. The lowest BCUT2D eigenvalue weighted by Gasteiger charge is -2.12. The average molecular weight is 563 g/mol. The second kappa shape index (κ2) is 11.0. The fourth-order valence-electron chi connectivity index (χ4n) is 5.70. The normalized spacial score (nSPS) is 11.2. The highest BCUT2D eigenvalue weighted by molar-refractivity contribution is 5.96. The molecule has 206 valence electrons. The summed E-state index contributed by atoms with van der Waals surface area (Å²) in [6.07, 6.45) is 0. The molecule has 0 N–H and O–H groups in total. The van der Waals surface area contributed by atoms with Gasteiger partial charge in [0.1, 0.15) is 0 Å². The SMILES string of the molecule is c1ccc(-c2cc(-c3ccc(-c4nc(-c5ccccc5)c5ccccc5n4)cc3)nc(-c3cccc4ccccc34)n2)cc1. The van der Waals surface area contributed by atoms with Crippen molar-refractivity contribution in [3.63, 3.8) is 0 Å². The van der Waals surface area contributed by atoms with Gasteiger partial charge in [-0.3, -0.25) is 0 Å². The molecule has 2 aromatic heterocycles. The zero-order chi connectivity index (χ0) is 29.3. The molecule has 0 aliphatic rings. The van der Waals surface area contributed by atoms with E-state index in [2.05, 4.69) is 103 Å². The Morgan fingerprint density at radius 2 is 0.909 bits per heavy atom. The molecule has 0 radical (unpaired) electrons. The van der Waals surface area contributed by atoms with Gasteiger partial charge in [0, 0.05) is 33.2 Å². The van der Waals surface area contributed by atoms with Crippen molar-refractivity contribution in [3.05, 3.63) is 158 Å². The molecule has 44 heavy (non-hydrogen) atoms. The highest BCUT2D eigenvalue weighted by Gasteiger charge is 2.14. The Labute approximate surface area is 255 Å². The van der Waals surface area contributed by atoms with Crippen LogP contribution in [0, 0.1) is 0 Å². The van der Waals surface area contributed by atoms with E-state index in [4.69, 9.17) is 19.9 Å². The van der Waals surface area contributed by atoms with Crippen molar-refractivity contribution in [1.29, 1.82) is 0 Å². The van der Waals surface area contributed by atoms with Crippen LogP contribution in [0.15, 0.2) is 158 Å². The van der Waals surface area contributed by atoms with Gasteiger partial charge in [0.25, 0.3) is 0 Å². The highest BCUT2D eigenvalue weighted by atomic mass is 14.9. The summed E-state index contributed by atoms with van der Waals surface area (Å²) >= 11 is 0. The summed E-state index contributed by atoms with van der Waals surface area (Å²) in [5, 5.41) is 3.33. The lowest BCUT2D eigenvalue weighted by atomic mass is 10.0. The van der Waals surface area contributed by atoms with E-state index in [-0.39, 0.29) is 0 Å². The van der Waals surface area contributed by atoms with E-state index in [1.54, 1.807) is 0 Å². The quantitative estimate of drug-likeness (QED) is 0.209. The molecule has 0 bridgehead atoms. The average Bonchev–Trinajstić information content (AvgIpc) is 3.11. The largest absolute Gasteiger partial charge is 0.228 e. The topological polar surface area (TPSA) is 51.6 Å². The summed E-state index contributed by atoms with van der Waals surface area (Å²) in [4.78, 5) is 20.1. The molecule has 0 saturated carbocycles. The summed E-state index contributed by atoms with van der Waals surface area (Å²) in [5.74, 6) is 1.39. The van der Waals surface area contributed by atoms with Gasteiger partial charge in [-0.05, 0) is 22.9 Å². The van der Waals surface area contributed by atoms with Gasteiger partial charge in [-0.1, -0.05) is 146 Å². The summed E-state index contributed by atoms with van der Waals surface area (Å²) in [7, 11) is 0. The molecule has 2 heterocycles. The fraction of sp³-hybridized carbons (Fsp3) is 0. The number of aromatic nitrogens is 4. The van der Waals surface area contributed by atoms with E-state index in [0.717, 1.165) is 66.6 Å². The molecule has 0 saturated heterocycles. The van der Waals surface area contributed by atoms with Crippen LogP contribution >= 0.6 is 0 Å². The summed E-state index contributed by atoms with van der Waals surface area (Å²) in [6, 6.07) is 53.8.